The molecule has 0 spiro atoms. The minimum atomic E-state index is -1.62. The zero-order valence-corrected chi connectivity index (χ0v) is 10.6. The molecule has 1 fully saturated rings. The van der Waals surface area contributed by atoms with Crippen LogP contribution in [0.5, 0.6) is 0 Å². The quantitative estimate of drug-likeness (QED) is 0.588. The molecule has 1 aromatic rings. The Morgan fingerprint density at radius 1 is 1.35 bits per heavy atom. The van der Waals surface area contributed by atoms with Gasteiger partial charge in [-0.05, 0) is 6.42 Å². The van der Waals surface area contributed by atoms with E-state index in [0.29, 0.717) is 4.57 Å². The Hall–Kier alpha value is -1.55. The fourth-order valence-electron chi connectivity index (χ4n) is 2.15. The molecular formula is C11H15FN2O6. The average molecular weight is 290 g/mol. The van der Waals surface area contributed by atoms with E-state index in [0.717, 1.165) is 6.20 Å². The van der Waals surface area contributed by atoms with E-state index >= 15 is 0 Å². The summed E-state index contributed by atoms with van der Waals surface area (Å²) in [5.74, 6) is 0. The summed E-state index contributed by atoms with van der Waals surface area (Å²) in [7, 11) is 0. The van der Waals surface area contributed by atoms with Gasteiger partial charge in [0.25, 0.3) is 5.56 Å². The van der Waals surface area contributed by atoms with Crippen LogP contribution in [0, 0.1) is 0 Å². The Bertz CT molecular complexity index is 612. The molecule has 8 nitrogen and oxygen atoms in total. The molecule has 3 N–H and O–H groups in total. The fourth-order valence-corrected chi connectivity index (χ4v) is 2.15. The van der Waals surface area contributed by atoms with Crippen molar-refractivity contribution in [2.75, 3.05) is 6.61 Å². The normalized spacial score (nSPS) is 29.9. The predicted molar refractivity (Wildman–Crippen MR) is 63.9 cm³/mol. The van der Waals surface area contributed by atoms with Crippen LogP contribution in [-0.2, 0) is 11.2 Å². The van der Waals surface area contributed by atoms with E-state index in [-0.39, 0.29) is 16.8 Å². The van der Waals surface area contributed by atoms with E-state index in [4.69, 9.17) is 9.84 Å². The first-order chi connectivity index (χ1) is 9.42. The number of aromatic nitrogens is 2. The van der Waals surface area contributed by atoms with Gasteiger partial charge >= 0.3 is 5.69 Å². The number of nitrogens with zero attached hydrogens (tertiary/aromatic N) is 2. The number of aryl methyl sites for hydroxylation is 1. The van der Waals surface area contributed by atoms with Crippen LogP contribution >= 0.6 is 0 Å². The molecule has 0 saturated carbocycles. The standard InChI is InChI=1S/C11H15FN2O6/c1-2-5-3-13(12)11(19)14(9(5)18)10-8(17)7(16)6(4-15)20-10/h3,6-8,10,15-17H,2,4H2,1H3/t6-,7-,8+,10?/m1/s1. The van der Waals surface area contributed by atoms with Crippen LogP contribution in [0.3, 0.4) is 0 Å². The summed E-state index contributed by atoms with van der Waals surface area (Å²) in [5.41, 5.74) is -2.10. The molecule has 1 aliphatic heterocycles. The van der Waals surface area contributed by atoms with Crippen LogP contribution < -0.4 is 11.2 Å². The smallest absolute Gasteiger partial charge is 0.361 e. The summed E-state index contributed by atoms with van der Waals surface area (Å²) < 4.78 is 18.9. The number of halogens is 1. The van der Waals surface area contributed by atoms with Crippen molar-refractivity contribution in [2.24, 2.45) is 0 Å². The number of ether oxygens (including phenoxy) is 1. The summed E-state index contributed by atoms with van der Waals surface area (Å²) in [6, 6.07) is 0. The lowest BCUT2D eigenvalue weighted by Gasteiger charge is -2.17. The van der Waals surface area contributed by atoms with Crippen LogP contribution in [0.25, 0.3) is 0 Å². The van der Waals surface area contributed by atoms with Gasteiger partial charge in [0.05, 0.1) is 12.8 Å². The molecule has 9 heteroatoms. The van der Waals surface area contributed by atoms with Crippen LogP contribution in [0.4, 0.5) is 4.48 Å². The van der Waals surface area contributed by atoms with Crippen LogP contribution in [0.15, 0.2) is 15.8 Å². The molecule has 2 heterocycles. The molecule has 1 aliphatic rings. The largest absolute Gasteiger partial charge is 0.394 e. The van der Waals surface area contributed by atoms with E-state index in [1.54, 1.807) is 6.92 Å². The molecule has 0 amide bonds. The van der Waals surface area contributed by atoms with Crippen molar-refractivity contribution in [3.05, 3.63) is 32.6 Å². The van der Waals surface area contributed by atoms with Gasteiger partial charge in [-0.25, -0.2) is 9.36 Å². The highest BCUT2D eigenvalue weighted by atomic mass is 19.2. The van der Waals surface area contributed by atoms with Gasteiger partial charge in [-0.2, -0.15) is 0 Å². The van der Waals surface area contributed by atoms with Gasteiger partial charge in [0.2, 0.25) is 0 Å². The zero-order valence-electron chi connectivity index (χ0n) is 10.6. The Labute approximate surface area is 112 Å². The maximum atomic E-state index is 13.5. The molecule has 0 radical (unpaired) electrons. The van der Waals surface area contributed by atoms with E-state index in [2.05, 4.69) is 0 Å². The second kappa shape index (κ2) is 5.44. The van der Waals surface area contributed by atoms with Gasteiger partial charge in [0.15, 0.2) is 6.23 Å². The lowest BCUT2D eigenvalue weighted by atomic mass is 10.1. The first kappa shape index (κ1) is 14.9. The van der Waals surface area contributed by atoms with Crippen molar-refractivity contribution in [3.8, 4) is 0 Å². The second-order valence-corrected chi connectivity index (χ2v) is 4.51. The van der Waals surface area contributed by atoms with Crippen LogP contribution in [0.1, 0.15) is 18.7 Å². The minimum Gasteiger partial charge on any atom is -0.394 e. The molecule has 0 aliphatic carbocycles. The van der Waals surface area contributed by atoms with E-state index in [1.165, 1.54) is 0 Å². The molecule has 1 aromatic heterocycles. The molecule has 0 aromatic carbocycles. The molecule has 0 bridgehead atoms. The number of aliphatic hydroxyl groups is 3. The van der Waals surface area contributed by atoms with Crippen molar-refractivity contribution in [3.63, 3.8) is 0 Å². The number of hydrogen-bond donors (Lipinski definition) is 3. The van der Waals surface area contributed by atoms with E-state index in [1.807, 2.05) is 0 Å². The fraction of sp³-hybridized carbons (Fsp3) is 0.636. The molecule has 1 unspecified atom stereocenters. The summed E-state index contributed by atoms with van der Waals surface area (Å²) in [5, 5.41) is 28.4. The maximum absolute atomic E-state index is 13.5. The molecule has 1 saturated heterocycles. The third-order valence-corrected chi connectivity index (χ3v) is 3.30. The van der Waals surface area contributed by atoms with Crippen LogP contribution in [-0.4, -0.2) is 49.6 Å². The van der Waals surface area contributed by atoms with Gasteiger partial charge in [-0.15, -0.1) is 4.79 Å². The summed E-state index contributed by atoms with van der Waals surface area (Å²) in [6.07, 6.45) is -4.85. The van der Waals surface area contributed by atoms with Gasteiger partial charge in [-0.1, -0.05) is 11.4 Å². The third-order valence-electron chi connectivity index (χ3n) is 3.30. The van der Waals surface area contributed by atoms with Crippen molar-refractivity contribution in [2.45, 2.75) is 37.9 Å². The molecule has 112 valence electrons. The summed E-state index contributed by atoms with van der Waals surface area (Å²) >= 11 is 0. The van der Waals surface area contributed by atoms with Gasteiger partial charge in [-0.3, -0.25) is 4.79 Å². The lowest BCUT2D eigenvalue weighted by molar-refractivity contribution is -0.0580. The zero-order chi connectivity index (χ0) is 15.0. The average Bonchev–Trinajstić information content (AvgIpc) is 2.71. The highest BCUT2D eigenvalue weighted by Crippen LogP contribution is 2.27. The second-order valence-electron chi connectivity index (χ2n) is 4.51. The number of rotatable bonds is 3. The molecule has 4 atom stereocenters. The van der Waals surface area contributed by atoms with Crippen molar-refractivity contribution < 1.29 is 24.5 Å². The minimum absolute atomic E-state index is 0.0184. The maximum Gasteiger partial charge on any atom is 0.361 e. The molecule has 2 rings (SSSR count). The Morgan fingerprint density at radius 2 is 2.00 bits per heavy atom. The van der Waals surface area contributed by atoms with Gasteiger partial charge < -0.3 is 20.1 Å². The number of aliphatic hydroxyl groups excluding tert-OH is 3. The first-order valence-corrected chi connectivity index (χ1v) is 6.08. The Balaban J connectivity index is 2.56. The third kappa shape index (κ3) is 2.18. The molecule has 20 heavy (non-hydrogen) atoms. The van der Waals surface area contributed by atoms with Crippen molar-refractivity contribution in [1.82, 2.24) is 9.36 Å². The summed E-state index contributed by atoms with van der Waals surface area (Å²) in [4.78, 5) is 23.5. The van der Waals surface area contributed by atoms with Crippen molar-refractivity contribution in [1.29, 1.82) is 0 Å². The van der Waals surface area contributed by atoms with Gasteiger partial charge in [0, 0.05) is 5.56 Å². The van der Waals surface area contributed by atoms with Crippen LogP contribution in [0.2, 0.25) is 0 Å². The topological polar surface area (TPSA) is 114 Å². The summed E-state index contributed by atoms with van der Waals surface area (Å²) in [6.45, 7) is 0.990. The molecular weight excluding hydrogens is 275 g/mol. The highest BCUT2D eigenvalue weighted by Gasteiger charge is 2.44. The van der Waals surface area contributed by atoms with E-state index < -0.39 is 42.4 Å². The SMILES string of the molecule is CCc1cn(F)c(=O)n(C2O[C@H](CO)[C@@H](O)[C@@H]2O)c1=O. The first-order valence-electron chi connectivity index (χ1n) is 6.08. The monoisotopic (exact) mass is 290 g/mol. The Morgan fingerprint density at radius 3 is 2.50 bits per heavy atom. The predicted octanol–water partition coefficient (Wildman–Crippen LogP) is -2.08. The lowest BCUT2D eigenvalue weighted by Crippen LogP contribution is -2.45. The van der Waals surface area contributed by atoms with E-state index in [9.17, 15) is 24.3 Å². The highest BCUT2D eigenvalue weighted by molar-refractivity contribution is 5.06. The van der Waals surface area contributed by atoms with Gasteiger partial charge in [0.1, 0.15) is 18.3 Å². The number of hydrogen-bond acceptors (Lipinski definition) is 6. The van der Waals surface area contributed by atoms with Crippen molar-refractivity contribution >= 4 is 0 Å². The Kier molecular flexibility index (Phi) is 4.04.